The van der Waals surface area contributed by atoms with Crippen LogP contribution in [-0.4, -0.2) is 12.1 Å². The van der Waals surface area contributed by atoms with Gasteiger partial charge in [0.2, 0.25) is 0 Å². The standard InChI is InChI=1S/C10H7ClINO/c1-14-9-3-2-7(11)6-4-13-5-8(12)10(6)9/h2-5H,1H3. The van der Waals surface area contributed by atoms with Gasteiger partial charge in [0.25, 0.3) is 0 Å². The molecule has 1 aromatic heterocycles. The van der Waals surface area contributed by atoms with Crippen LogP contribution in [0.25, 0.3) is 10.8 Å². The number of ether oxygens (including phenoxy) is 1. The minimum absolute atomic E-state index is 0.701. The highest BCUT2D eigenvalue weighted by molar-refractivity contribution is 14.1. The Hall–Kier alpha value is -0.550. The summed E-state index contributed by atoms with van der Waals surface area (Å²) in [6.07, 6.45) is 3.55. The molecule has 0 N–H and O–H groups in total. The second-order valence-electron chi connectivity index (χ2n) is 2.79. The van der Waals surface area contributed by atoms with Crippen molar-refractivity contribution in [3.05, 3.63) is 33.1 Å². The van der Waals surface area contributed by atoms with Gasteiger partial charge in [0.1, 0.15) is 5.75 Å². The van der Waals surface area contributed by atoms with Crippen molar-refractivity contribution in [2.24, 2.45) is 0 Å². The summed E-state index contributed by atoms with van der Waals surface area (Å²) in [6.45, 7) is 0. The van der Waals surface area contributed by atoms with Crippen LogP contribution in [0.3, 0.4) is 0 Å². The number of methoxy groups -OCH3 is 1. The zero-order chi connectivity index (χ0) is 10.1. The molecule has 0 aliphatic rings. The third-order valence-electron chi connectivity index (χ3n) is 2.00. The Morgan fingerprint density at radius 3 is 2.86 bits per heavy atom. The molecule has 0 fully saturated rings. The lowest BCUT2D eigenvalue weighted by molar-refractivity contribution is 0.419. The molecule has 0 aliphatic carbocycles. The van der Waals surface area contributed by atoms with Gasteiger partial charge in [-0.25, -0.2) is 0 Å². The van der Waals surface area contributed by atoms with Gasteiger partial charge >= 0.3 is 0 Å². The van der Waals surface area contributed by atoms with E-state index < -0.39 is 0 Å². The van der Waals surface area contributed by atoms with Crippen molar-refractivity contribution < 1.29 is 4.74 Å². The number of pyridine rings is 1. The number of hydrogen-bond acceptors (Lipinski definition) is 2. The van der Waals surface area contributed by atoms with Crippen LogP contribution in [0.5, 0.6) is 5.75 Å². The van der Waals surface area contributed by atoms with Gasteiger partial charge in [-0.15, -0.1) is 0 Å². The van der Waals surface area contributed by atoms with Gasteiger partial charge in [-0.1, -0.05) is 11.6 Å². The van der Waals surface area contributed by atoms with Crippen LogP contribution in [0.15, 0.2) is 24.5 Å². The summed E-state index contributed by atoms with van der Waals surface area (Å²) in [5.74, 6) is 0.830. The smallest absolute Gasteiger partial charge is 0.127 e. The summed E-state index contributed by atoms with van der Waals surface area (Å²) in [5, 5.41) is 2.65. The minimum Gasteiger partial charge on any atom is -0.496 e. The van der Waals surface area contributed by atoms with E-state index in [1.807, 2.05) is 12.1 Å². The molecule has 1 heterocycles. The van der Waals surface area contributed by atoms with Crippen LogP contribution in [0.4, 0.5) is 0 Å². The molecule has 2 aromatic rings. The van der Waals surface area contributed by atoms with Gasteiger partial charge in [-0.2, -0.15) is 0 Å². The second kappa shape index (κ2) is 3.90. The number of fused-ring (bicyclic) bond motifs is 1. The van der Waals surface area contributed by atoms with Gasteiger partial charge < -0.3 is 4.74 Å². The van der Waals surface area contributed by atoms with Crippen molar-refractivity contribution in [2.45, 2.75) is 0 Å². The number of hydrogen-bond donors (Lipinski definition) is 0. The quantitative estimate of drug-likeness (QED) is 0.751. The molecule has 1 aromatic carbocycles. The highest BCUT2D eigenvalue weighted by Gasteiger charge is 2.08. The summed E-state index contributed by atoms with van der Waals surface area (Å²) >= 11 is 8.28. The Morgan fingerprint density at radius 1 is 1.36 bits per heavy atom. The first-order chi connectivity index (χ1) is 6.74. The summed E-state index contributed by atoms with van der Waals surface area (Å²) in [6, 6.07) is 3.69. The molecule has 0 bridgehead atoms. The van der Waals surface area contributed by atoms with Gasteiger partial charge in [-0.3, -0.25) is 4.98 Å². The summed E-state index contributed by atoms with van der Waals surface area (Å²) in [7, 11) is 1.65. The van der Waals surface area contributed by atoms with Crippen molar-refractivity contribution >= 4 is 45.0 Å². The molecule has 0 saturated carbocycles. The van der Waals surface area contributed by atoms with E-state index in [1.165, 1.54) is 0 Å². The fourth-order valence-electron chi connectivity index (χ4n) is 1.36. The number of benzene rings is 1. The maximum atomic E-state index is 6.06. The predicted octanol–water partition coefficient (Wildman–Crippen LogP) is 3.50. The summed E-state index contributed by atoms with van der Waals surface area (Å²) in [4.78, 5) is 4.10. The van der Waals surface area contributed by atoms with Crippen LogP contribution in [0.1, 0.15) is 0 Å². The molecule has 0 saturated heterocycles. The average molecular weight is 320 g/mol. The molecule has 0 radical (unpaired) electrons. The maximum Gasteiger partial charge on any atom is 0.127 e. The molecule has 72 valence electrons. The number of halogens is 2. The second-order valence-corrected chi connectivity index (χ2v) is 4.36. The van der Waals surface area contributed by atoms with Crippen LogP contribution in [-0.2, 0) is 0 Å². The highest BCUT2D eigenvalue weighted by atomic mass is 127. The van der Waals surface area contributed by atoms with Crippen molar-refractivity contribution in [2.75, 3.05) is 7.11 Å². The third-order valence-corrected chi connectivity index (χ3v) is 3.15. The van der Waals surface area contributed by atoms with E-state index >= 15 is 0 Å². The molecule has 4 heteroatoms. The first kappa shape index (κ1) is 9.98. The predicted molar refractivity (Wildman–Crippen MR) is 66.0 cm³/mol. The van der Waals surface area contributed by atoms with E-state index in [4.69, 9.17) is 16.3 Å². The molecule has 0 unspecified atom stereocenters. The molecule has 0 atom stereocenters. The molecule has 2 nitrogen and oxygen atoms in total. The first-order valence-electron chi connectivity index (χ1n) is 3.99. The summed E-state index contributed by atoms with van der Waals surface area (Å²) in [5.41, 5.74) is 0. The van der Waals surface area contributed by atoms with Gasteiger partial charge in [0.05, 0.1) is 12.1 Å². The summed E-state index contributed by atoms with van der Waals surface area (Å²) < 4.78 is 6.31. The van der Waals surface area contributed by atoms with Crippen molar-refractivity contribution in [1.82, 2.24) is 4.98 Å². The van der Waals surface area contributed by atoms with E-state index in [2.05, 4.69) is 27.6 Å². The molecule has 2 rings (SSSR count). The molecule has 14 heavy (non-hydrogen) atoms. The highest BCUT2D eigenvalue weighted by Crippen LogP contribution is 2.33. The van der Waals surface area contributed by atoms with E-state index in [-0.39, 0.29) is 0 Å². The number of nitrogens with zero attached hydrogens (tertiary/aromatic N) is 1. The Balaban J connectivity index is 2.92. The van der Waals surface area contributed by atoms with Crippen molar-refractivity contribution in [1.29, 1.82) is 0 Å². The van der Waals surface area contributed by atoms with Crippen LogP contribution in [0, 0.1) is 3.57 Å². The SMILES string of the molecule is COc1ccc(Cl)c2cncc(I)c12. The van der Waals surface area contributed by atoms with Crippen molar-refractivity contribution in [3.63, 3.8) is 0 Å². The lowest BCUT2D eigenvalue weighted by Crippen LogP contribution is -1.88. The Kier molecular flexibility index (Phi) is 2.78. The van der Waals surface area contributed by atoms with Crippen LogP contribution in [0.2, 0.25) is 5.02 Å². The topological polar surface area (TPSA) is 22.1 Å². The zero-order valence-electron chi connectivity index (χ0n) is 7.42. The monoisotopic (exact) mass is 319 g/mol. The average Bonchev–Trinajstić information content (AvgIpc) is 2.20. The Labute approximate surface area is 100 Å². The molecular formula is C10H7ClINO. The van der Waals surface area contributed by atoms with Gasteiger partial charge in [0.15, 0.2) is 0 Å². The third kappa shape index (κ3) is 1.54. The van der Waals surface area contributed by atoms with E-state index in [1.54, 1.807) is 19.5 Å². The fourth-order valence-corrected chi connectivity index (χ4v) is 2.28. The largest absolute Gasteiger partial charge is 0.496 e. The lowest BCUT2D eigenvalue weighted by Gasteiger charge is -2.07. The van der Waals surface area contributed by atoms with Gasteiger partial charge in [-0.05, 0) is 34.7 Å². The van der Waals surface area contributed by atoms with Crippen LogP contribution < -0.4 is 4.74 Å². The molecule has 0 aliphatic heterocycles. The normalized spacial score (nSPS) is 10.5. The Morgan fingerprint density at radius 2 is 2.14 bits per heavy atom. The van der Waals surface area contributed by atoms with Crippen LogP contribution >= 0.6 is 34.2 Å². The minimum atomic E-state index is 0.701. The Bertz CT molecular complexity index is 487. The van der Waals surface area contributed by atoms with Crippen molar-refractivity contribution in [3.8, 4) is 5.75 Å². The van der Waals surface area contributed by atoms with E-state index in [0.717, 1.165) is 20.1 Å². The van der Waals surface area contributed by atoms with E-state index in [9.17, 15) is 0 Å². The lowest BCUT2D eigenvalue weighted by atomic mass is 10.1. The first-order valence-corrected chi connectivity index (χ1v) is 5.45. The number of aromatic nitrogens is 1. The molecule has 0 amide bonds. The zero-order valence-corrected chi connectivity index (χ0v) is 10.3. The van der Waals surface area contributed by atoms with Gasteiger partial charge in [0, 0.05) is 26.7 Å². The molecular weight excluding hydrogens is 312 g/mol. The number of rotatable bonds is 1. The molecule has 0 spiro atoms. The maximum absolute atomic E-state index is 6.06. The fraction of sp³-hybridized carbons (Fsp3) is 0.100. The van der Waals surface area contributed by atoms with E-state index in [0.29, 0.717) is 5.02 Å².